The van der Waals surface area contributed by atoms with Crippen LogP contribution in [0.2, 0.25) is 0 Å². The van der Waals surface area contributed by atoms with Crippen LogP contribution < -0.4 is 0 Å². The first kappa shape index (κ1) is 14.6. The largest absolute Gasteiger partial charge is 0.0800 e. The summed E-state index contributed by atoms with van der Waals surface area (Å²) in [5.41, 5.74) is 3.72. The molecule has 0 unspecified atom stereocenters. The molecule has 21 heavy (non-hydrogen) atoms. The van der Waals surface area contributed by atoms with Crippen LogP contribution in [0, 0.1) is 6.92 Å². The Balaban J connectivity index is 1.86. The summed E-state index contributed by atoms with van der Waals surface area (Å²) >= 11 is 5.49. The van der Waals surface area contributed by atoms with Crippen molar-refractivity contribution < 1.29 is 0 Å². The molecular formula is C18H14S3. The van der Waals surface area contributed by atoms with Gasteiger partial charge in [-0.1, -0.05) is 94.0 Å². The van der Waals surface area contributed by atoms with E-state index in [0.717, 1.165) is 4.86 Å². The molecule has 0 aromatic heterocycles. The maximum absolute atomic E-state index is 5.49. The number of hydrogen-bond acceptors (Lipinski definition) is 3. The van der Waals surface area contributed by atoms with Crippen molar-refractivity contribution in [3.8, 4) is 0 Å². The molecule has 1 heterocycles. The van der Waals surface area contributed by atoms with Crippen molar-refractivity contribution in [3.05, 3.63) is 83.4 Å². The highest BCUT2D eigenvalue weighted by molar-refractivity contribution is 8.83. The average molecular weight is 327 g/mol. The van der Waals surface area contributed by atoms with Gasteiger partial charge in [-0.15, -0.1) is 0 Å². The number of rotatable bonds is 2. The van der Waals surface area contributed by atoms with E-state index in [9.17, 15) is 0 Å². The van der Waals surface area contributed by atoms with Gasteiger partial charge in [0.1, 0.15) is 0 Å². The summed E-state index contributed by atoms with van der Waals surface area (Å²) < 4.78 is 0. The molecule has 0 N–H and O–H groups in total. The maximum atomic E-state index is 5.49. The molecular weight excluding hydrogens is 312 g/mol. The van der Waals surface area contributed by atoms with Crippen LogP contribution >= 0.6 is 33.8 Å². The third kappa shape index (κ3) is 3.67. The molecule has 0 fully saturated rings. The highest BCUT2D eigenvalue weighted by Crippen LogP contribution is 2.47. The zero-order valence-electron chi connectivity index (χ0n) is 11.6. The van der Waals surface area contributed by atoms with Crippen LogP contribution in [-0.4, -0.2) is 4.86 Å². The summed E-state index contributed by atoms with van der Waals surface area (Å²) in [5.74, 6) is 0. The fourth-order valence-electron chi connectivity index (χ4n) is 2.02. The van der Waals surface area contributed by atoms with Gasteiger partial charge in [-0.2, -0.15) is 0 Å². The first-order valence-corrected chi connectivity index (χ1v) is 9.22. The molecule has 0 bridgehead atoms. The predicted octanol–water partition coefficient (Wildman–Crippen LogP) is 6.14. The van der Waals surface area contributed by atoms with Crippen LogP contribution in [0.3, 0.4) is 0 Å². The minimum absolute atomic E-state index is 0.877. The van der Waals surface area contributed by atoms with Gasteiger partial charge < -0.3 is 0 Å². The molecule has 0 saturated carbocycles. The highest BCUT2D eigenvalue weighted by atomic mass is 33.1. The summed E-state index contributed by atoms with van der Waals surface area (Å²) in [6.45, 7) is 2.10. The lowest BCUT2D eigenvalue weighted by Crippen LogP contribution is -1.85. The number of hydrogen-bond donors (Lipinski definition) is 0. The molecule has 104 valence electrons. The van der Waals surface area contributed by atoms with E-state index in [1.54, 1.807) is 21.6 Å². The van der Waals surface area contributed by atoms with Crippen molar-refractivity contribution in [1.82, 2.24) is 0 Å². The van der Waals surface area contributed by atoms with Gasteiger partial charge >= 0.3 is 0 Å². The van der Waals surface area contributed by atoms with Gasteiger partial charge in [-0.3, -0.25) is 0 Å². The number of thiocarbonyl (C=S) groups is 1. The quantitative estimate of drug-likeness (QED) is 0.480. The van der Waals surface area contributed by atoms with E-state index in [0.29, 0.717) is 0 Å². The average Bonchev–Trinajstić information content (AvgIpc) is 2.71. The molecule has 1 aliphatic heterocycles. The lowest BCUT2D eigenvalue weighted by molar-refractivity contribution is 1.46. The lowest BCUT2D eigenvalue weighted by atomic mass is 10.1. The van der Waals surface area contributed by atoms with Gasteiger partial charge in [0, 0.05) is 14.7 Å². The van der Waals surface area contributed by atoms with Crippen molar-refractivity contribution in [2.24, 2.45) is 0 Å². The number of benzene rings is 2. The molecule has 0 atom stereocenters. The van der Waals surface area contributed by atoms with Crippen LogP contribution in [-0.2, 0) is 0 Å². The Morgan fingerprint density at radius 3 is 1.81 bits per heavy atom. The summed E-state index contributed by atoms with van der Waals surface area (Å²) in [6, 6.07) is 19.0. The lowest BCUT2D eigenvalue weighted by Gasteiger charge is -2.07. The third-order valence-electron chi connectivity index (χ3n) is 3.16. The molecule has 0 amide bonds. The van der Waals surface area contributed by atoms with Gasteiger partial charge in [0.15, 0.2) is 0 Å². The maximum Gasteiger partial charge on any atom is 0.0400 e. The number of allylic oxidation sites excluding steroid dienone is 2. The molecule has 0 aliphatic carbocycles. The van der Waals surface area contributed by atoms with E-state index >= 15 is 0 Å². The van der Waals surface area contributed by atoms with Gasteiger partial charge in [0.2, 0.25) is 0 Å². The Morgan fingerprint density at radius 1 is 0.714 bits per heavy atom. The van der Waals surface area contributed by atoms with Gasteiger partial charge in [-0.25, -0.2) is 0 Å². The van der Waals surface area contributed by atoms with Crippen molar-refractivity contribution in [1.29, 1.82) is 0 Å². The minimum atomic E-state index is 0.877. The minimum Gasteiger partial charge on any atom is -0.0800 e. The summed E-state index contributed by atoms with van der Waals surface area (Å²) in [4.78, 5) is 3.30. The molecule has 0 radical (unpaired) electrons. The summed E-state index contributed by atoms with van der Waals surface area (Å²) in [5, 5.41) is 0. The SMILES string of the molecule is Cc1ccc(C2=CC(=S)C=C(c3ccccc3)SS2)cc1. The number of aryl methyl sites for hydroxylation is 1. The topological polar surface area (TPSA) is 0 Å². The zero-order chi connectivity index (χ0) is 14.7. The highest BCUT2D eigenvalue weighted by Gasteiger charge is 2.12. The van der Waals surface area contributed by atoms with Crippen LogP contribution in [0.1, 0.15) is 16.7 Å². The fourth-order valence-corrected chi connectivity index (χ4v) is 4.81. The summed E-state index contributed by atoms with van der Waals surface area (Å²) in [6.07, 6.45) is 4.18. The smallest absolute Gasteiger partial charge is 0.0400 e. The first-order chi connectivity index (χ1) is 10.2. The van der Waals surface area contributed by atoms with Crippen LogP contribution in [0.25, 0.3) is 9.81 Å². The Morgan fingerprint density at radius 2 is 1.24 bits per heavy atom. The Hall–Kier alpha value is -1.29. The molecule has 3 rings (SSSR count). The van der Waals surface area contributed by atoms with Crippen molar-refractivity contribution in [2.45, 2.75) is 6.92 Å². The zero-order valence-corrected chi connectivity index (χ0v) is 14.0. The van der Waals surface area contributed by atoms with Crippen molar-refractivity contribution >= 4 is 48.5 Å². The molecule has 3 heteroatoms. The third-order valence-corrected chi connectivity index (χ3v) is 5.87. The second-order valence-corrected chi connectivity index (χ2v) is 7.50. The van der Waals surface area contributed by atoms with E-state index in [2.05, 4.69) is 67.6 Å². The fraction of sp³-hybridized carbons (Fsp3) is 0.0556. The van der Waals surface area contributed by atoms with Gasteiger partial charge in [-0.05, 0) is 30.2 Å². The molecule has 0 nitrogen and oxygen atoms in total. The Labute approximate surface area is 138 Å². The first-order valence-electron chi connectivity index (χ1n) is 6.67. The van der Waals surface area contributed by atoms with Gasteiger partial charge in [0.05, 0.1) is 0 Å². The second-order valence-electron chi connectivity index (χ2n) is 4.82. The van der Waals surface area contributed by atoms with E-state index in [1.807, 2.05) is 6.07 Å². The van der Waals surface area contributed by atoms with Crippen LogP contribution in [0.15, 0.2) is 66.7 Å². The van der Waals surface area contributed by atoms with Gasteiger partial charge in [0.25, 0.3) is 0 Å². The van der Waals surface area contributed by atoms with Crippen molar-refractivity contribution in [3.63, 3.8) is 0 Å². The molecule has 2 aromatic rings. The summed E-state index contributed by atoms with van der Waals surface area (Å²) in [7, 11) is 3.54. The van der Waals surface area contributed by atoms with E-state index in [1.165, 1.54) is 26.5 Å². The van der Waals surface area contributed by atoms with E-state index in [4.69, 9.17) is 12.2 Å². The normalized spacial score (nSPS) is 15.2. The molecule has 1 aliphatic rings. The standard InChI is InChI=1S/C18H14S3/c1-13-7-9-15(10-8-13)18-12-16(19)11-17(20-21-18)14-5-3-2-4-6-14/h2-12H,1H3. The van der Waals surface area contributed by atoms with E-state index < -0.39 is 0 Å². The molecule has 0 spiro atoms. The Bertz CT molecular complexity index is 710. The van der Waals surface area contributed by atoms with Crippen LogP contribution in [0.5, 0.6) is 0 Å². The van der Waals surface area contributed by atoms with Crippen LogP contribution in [0.4, 0.5) is 0 Å². The molecule has 0 saturated heterocycles. The van der Waals surface area contributed by atoms with Crippen molar-refractivity contribution in [2.75, 3.05) is 0 Å². The second kappa shape index (κ2) is 6.65. The monoisotopic (exact) mass is 326 g/mol. The predicted molar refractivity (Wildman–Crippen MR) is 101 cm³/mol. The van der Waals surface area contributed by atoms with E-state index in [-0.39, 0.29) is 0 Å². The molecule has 2 aromatic carbocycles. The Kier molecular flexibility index (Phi) is 4.63.